The number of amides is 2. The number of rotatable bonds is 37. The summed E-state index contributed by atoms with van der Waals surface area (Å²) in [4.78, 5) is 25.4. The van der Waals surface area contributed by atoms with E-state index in [2.05, 4.69) is 38.6 Å². The molecule has 406 valence electrons. The maximum Gasteiger partial charge on any atom is 0.226 e. The highest BCUT2D eigenvalue weighted by molar-refractivity contribution is 8.00. The van der Waals surface area contributed by atoms with Gasteiger partial charge in [-0.25, -0.2) is 12.7 Å². The van der Waals surface area contributed by atoms with Crippen LogP contribution in [-0.4, -0.2) is 189 Å². The lowest BCUT2D eigenvalue weighted by Crippen LogP contribution is -2.38. The van der Waals surface area contributed by atoms with Gasteiger partial charge in [0, 0.05) is 71.5 Å². The van der Waals surface area contributed by atoms with Crippen LogP contribution >= 0.6 is 24.0 Å². The molecule has 2 amide bonds. The molecule has 1 aromatic heterocycles. The number of nitrogens with zero attached hydrogens (tertiary/aromatic N) is 2. The van der Waals surface area contributed by atoms with Crippen molar-refractivity contribution < 1.29 is 55.9 Å². The molecule has 3 aliphatic heterocycles. The largest absolute Gasteiger partial charge is 0.389 e. The van der Waals surface area contributed by atoms with Crippen LogP contribution in [0.4, 0.5) is 5.69 Å². The fraction of sp³-hybridized carbons (Fsp3) is 0.627. The van der Waals surface area contributed by atoms with Gasteiger partial charge < -0.3 is 69.5 Å². The second-order valence-electron chi connectivity index (χ2n) is 18.1. The fourth-order valence-electron chi connectivity index (χ4n) is 8.91. The molecular formula is C51H77N7O12S3. The molecule has 3 saturated heterocycles. The summed E-state index contributed by atoms with van der Waals surface area (Å²) in [6.45, 7) is 12.2. The minimum Gasteiger partial charge on any atom is -0.389 e. The molecule has 6 rings (SSSR count). The Labute approximate surface area is 440 Å². The third-order valence-corrected chi connectivity index (χ3v) is 15.7. The molecule has 22 heteroatoms. The Balaban J connectivity index is 0.689. The number of aromatic nitrogens is 1. The molecule has 0 spiro atoms. The highest BCUT2D eigenvalue weighted by Gasteiger charge is 2.40. The number of thioether (sulfide) groups is 1. The second-order valence-corrected chi connectivity index (χ2v) is 21.8. The average Bonchev–Trinajstić information content (AvgIpc) is 4.07. The van der Waals surface area contributed by atoms with Crippen LogP contribution < -0.4 is 27.0 Å². The molecule has 3 fully saturated rings. The average molecular weight is 1080 g/mol. The number of hydrogen-bond donors (Lipinski definition) is 5. The number of fused-ring (bicyclic) bond motifs is 2. The van der Waals surface area contributed by atoms with Crippen molar-refractivity contribution in [1.29, 1.82) is 0 Å². The van der Waals surface area contributed by atoms with Crippen LogP contribution in [0.3, 0.4) is 0 Å². The number of carbonyl (C=O) groups excluding carboxylic acids is 2. The number of nitrogens with two attached hydrogens (primary N) is 1. The maximum absolute atomic E-state index is 12.9. The molecule has 19 nitrogen and oxygen atoms in total. The van der Waals surface area contributed by atoms with Crippen LogP contribution in [-0.2, 0) is 57.5 Å². The summed E-state index contributed by atoms with van der Waals surface area (Å²) < 4.78 is 72.6. The predicted octanol–water partition coefficient (Wildman–Crippen LogP) is 4.19. The van der Waals surface area contributed by atoms with Crippen molar-refractivity contribution in [2.24, 2.45) is 5.73 Å². The first-order valence-electron chi connectivity index (χ1n) is 25.5. The van der Waals surface area contributed by atoms with Gasteiger partial charge >= 0.3 is 0 Å². The molecule has 0 saturated carbocycles. The van der Waals surface area contributed by atoms with Crippen molar-refractivity contribution in [1.82, 2.24) is 24.8 Å². The highest BCUT2D eigenvalue weighted by Crippen LogP contribution is 2.38. The number of thiocarbonyl (C=S) groups is 1. The number of carbonyl (C=O) groups is 2. The van der Waals surface area contributed by atoms with E-state index in [9.17, 15) is 18.0 Å². The molecule has 2 aromatic carbocycles. The quantitative estimate of drug-likeness (QED) is 0.0403. The Kier molecular flexibility index (Phi) is 25.5. The van der Waals surface area contributed by atoms with Crippen LogP contribution in [0.2, 0.25) is 0 Å². The van der Waals surface area contributed by atoms with Gasteiger partial charge in [0.15, 0.2) is 0 Å². The molecule has 6 N–H and O–H groups in total. The molecule has 3 aliphatic rings. The number of unbranched alkanes of at least 4 members (excludes halogenated alkanes) is 1. The number of piperidine rings is 1. The van der Waals surface area contributed by atoms with E-state index in [1.54, 1.807) is 0 Å². The smallest absolute Gasteiger partial charge is 0.226 e. The lowest BCUT2D eigenvalue weighted by atomic mass is 10.0. The molecule has 0 radical (unpaired) electrons. The Morgan fingerprint density at radius 2 is 1.36 bits per heavy atom. The van der Waals surface area contributed by atoms with Crippen molar-refractivity contribution in [3.63, 3.8) is 0 Å². The topological polar surface area (TPSA) is 224 Å². The van der Waals surface area contributed by atoms with Crippen LogP contribution in [0, 0.1) is 0 Å². The van der Waals surface area contributed by atoms with Gasteiger partial charge in [-0.1, -0.05) is 49.5 Å². The first kappa shape index (κ1) is 58.4. The van der Waals surface area contributed by atoms with E-state index in [-0.39, 0.29) is 30.9 Å². The Hall–Kier alpha value is -3.91. The summed E-state index contributed by atoms with van der Waals surface area (Å²) in [6.07, 6.45) is 8.45. The van der Waals surface area contributed by atoms with Gasteiger partial charge in [0.25, 0.3) is 0 Å². The molecule has 0 bridgehead atoms. The van der Waals surface area contributed by atoms with Crippen LogP contribution in [0.25, 0.3) is 22.0 Å². The minimum atomic E-state index is -3.27. The molecule has 3 aromatic rings. The lowest BCUT2D eigenvalue weighted by molar-refractivity contribution is -0.121. The monoisotopic (exact) mass is 1080 g/mol. The van der Waals surface area contributed by atoms with Gasteiger partial charge in [-0.15, -0.1) is 0 Å². The zero-order chi connectivity index (χ0) is 51.7. The highest BCUT2D eigenvalue weighted by atomic mass is 32.2. The van der Waals surface area contributed by atoms with E-state index >= 15 is 0 Å². The van der Waals surface area contributed by atoms with Gasteiger partial charge in [0.1, 0.15) is 4.99 Å². The SMILES string of the molecule is C=C1N[C@H]2[C@H](CS[C@H]2CCCCC(=O)NCCOCCOCCOCCOCCOCCOCCOCCOCCC(=O)Nc2ccc3c(-c4cccc(C(N)=S)c4)cn(C4CCN(S(C)(=O)=O)CC4)c3c2)N1. The minimum absolute atomic E-state index is 0.0716. The Morgan fingerprint density at radius 3 is 1.95 bits per heavy atom. The van der Waals surface area contributed by atoms with Gasteiger partial charge in [0.05, 0.1) is 142 Å². The third-order valence-electron chi connectivity index (χ3n) is 12.7. The number of hydrogen-bond acceptors (Lipinski definition) is 16. The van der Waals surface area contributed by atoms with E-state index < -0.39 is 10.0 Å². The second kappa shape index (κ2) is 31.9. The number of sulfonamides is 1. The van der Waals surface area contributed by atoms with Crippen molar-refractivity contribution >= 4 is 67.4 Å². The van der Waals surface area contributed by atoms with Crippen molar-refractivity contribution in [3.05, 3.63) is 66.6 Å². The number of anilines is 1. The summed E-state index contributed by atoms with van der Waals surface area (Å²) in [6, 6.07) is 14.7. The van der Waals surface area contributed by atoms with E-state index in [1.807, 2.05) is 54.2 Å². The first-order chi connectivity index (χ1) is 35.5. The van der Waals surface area contributed by atoms with Crippen molar-refractivity contribution in [2.45, 2.75) is 68.3 Å². The van der Waals surface area contributed by atoms with E-state index in [0.29, 0.717) is 166 Å². The number of benzene rings is 2. The van der Waals surface area contributed by atoms with Crippen LogP contribution in [0.1, 0.15) is 56.6 Å². The summed E-state index contributed by atoms with van der Waals surface area (Å²) in [7, 11) is -3.27. The van der Waals surface area contributed by atoms with Crippen LogP contribution in [0.15, 0.2) is 61.1 Å². The number of ether oxygens (including phenoxy) is 8. The van der Waals surface area contributed by atoms with Crippen molar-refractivity contribution in [2.75, 3.05) is 143 Å². The van der Waals surface area contributed by atoms with E-state index in [0.717, 1.165) is 58.4 Å². The summed E-state index contributed by atoms with van der Waals surface area (Å²) >= 11 is 7.25. The molecule has 4 heterocycles. The van der Waals surface area contributed by atoms with Gasteiger partial charge in [-0.2, -0.15) is 11.8 Å². The van der Waals surface area contributed by atoms with Crippen LogP contribution in [0.5, 0.6) is 0 Å². The lowest BCUT2D eigenvalue weighted by Gasteiger charge is -2.31. The first-order valence-corrected chi connectivity index (χ1v) is 28.8. The standard InChI is InChI=1S/C51H77N7O12S3/c1-38-54-45-37-72-47(50(45)55-38)8-3-4-9-48(59)53-15-19-64-21-23-66-25-27-68-29-31-70-33-32-69-30-28-67-26-24-65-22-20-63-18-14-49(60)56-41-10-11-43-44(39-6-5-7-40(34-39)51(52)71)36-58(46(43)35-41)42-12-16-57(17-13-42)73(2,61)62/h5-7,10-11,34-36,42,45,47,50,54-55H,1,3-4,8-9,12-33,37H2,2H3,(H2,52,71)(H,53,59)(H,56,60)/t45-,47-,50-/m0/s1. The third kappa shape index (κ3) is 20.3. The van der Waals surface area contributed by atoms with E-state index in [4.69, 9.17) is 55.8 Å². The molecule has 0 unspecified atom stereocenters. The number of nitrogens with one attached hydrogen (secondary N) is 4. The molecule has 0 aliphatic carbocycles. The van der Waals surface area contributed by atoms with Crippen molar-refractivity contribution in [3.8, 4) is 11.1 Å². The zero-order valence-corrected chi connectivity index (χ0v) is 44.8. The van der Waals surface area contributed by atoms with Gasteiger partial charge in [-0.05, 0) is 49.4 Å². The normalized spacial score (nSPS) is 18.2. The molecule has 73 heavy (non-hydrogen) atoms. The van der Waals surface area contributed by atoms with Gasteiger partial charge in [0.2, 0.25) is 21.8 Å². The Bertz CT molecular complexity index is 2300. The predicted molar refractivity (Wildman–Crippen MR) is 288 cm³/mol. The molecule has 3 atom stereocenters. The Morgan fingerprint density at radius 1 is 0.767 bits per heavy atom. The fourth-order valence-corrected chi connectivity index (χ4v) is 11.5. The zero-order valence-electron chi connectivity index (χ0n) is 42.3. The summed E-state index contributed by atoms with van der Waals surface area (Å²) in [5, 5.41) is 14.4. The van der Waals surface area contributed by atoms with E-state index in [1.165, 1.54) is 10.6 Å². The maximum atomic E-state index is 12.9. The summed E-state index contributed by atoms with van der Waals surface area (Å²) in [5.74, 6) is 1.94. The van der Waals surface area contributed by atoms with Gasteiger partial charge in [-0.3, -0.25) is 9.59 Å². The summed E-state index contributed by atoms with van der Waals surface area (Å²) in [5.41, 5.74) is 10.3. The molecular weight excluding hydrogens is 999 g/mol.